The van der Waals surface area contributed by atoms with E-state index in [-0.39, 0.29) is 0 Å². The van der Waals surface area contributed by atoms with Gasteiger partial charge < -0.3 is 5.32 Å². The molecule has 2 saturated carbocycles. The zero-order chi connectivity index (χ0) is 12.1. The van der Waals surface area contributed by atoms with Gasteiger partial charge in [-0.25, -0.2) is 0 Å². The average Bonchev–Trinajstić information content (AvgIpc) is 2.80. The predicted molar refractivity (Wildman–Crippen MR) is 78.8 cm³/mol. The summed E-state index contributed by atoms with van der Waals surface area (Å²) in [4.78, 5) is 0. The SMILES string of the molecule is CSC(C)CCNC1CCC2(CCCC2)CC1. The van der Waals surface area contributed by atoms with Crippen molar-refractivity contribution in [2.45, 2.75) is 76.0 Å². The van der Waals surface area contributed by atoms with Crippen LogP contribution in [0.15, 0.2) is 0 Å². The first kappa shape index (κ1) is 13.7. The Morgan fingerprint density at radius 3 is 2.41 bits per heavy atom. The Labute approximate surface area is 112 Å². The number of thioether (sulfide) groups is 1. The molecule has 0 bridgehead atoms. The Morgan fingerprint density at radius 2 is 1.82 bits per heavy atom. The second-order valence-corrected chi connectivity index (χ2v) is 7.55. The van der Waals surface area contributed by atoms with Crippen molar-refractivity contribution in [1.82, 2.24) is 5.32 Å². The third-order valence-corrected chi connectivity index (χ3v) is 6.14. The van der Waals surface area contributed by atoms with Crippen LogP contribution in [0, 0.1) is 5.41 Å². The lowest BCUT2D eigenvalue weighted by molar-refractivity contribution is 0.168. The van der Waals surface area contributed by atoms with Gasteiger partial charge in [0.1, 0.15) is 0 Å². The molecule has 2 fully saturated rings. The van der Waals surface area contributed by atoms with Gasteiger partial charge in [0.15, 0.2) is 0 Å². The molecule has 2 aliphatic carbocycles. The number of nitrogens with one attached hydrogen (secondary N) is 1. The highest BCUT2D eigenvalue weighted by Gasteiger charge is 2.37. The van der Waals surface area contributed by atoms with Crippen LogP contribution < -0.4 is 5.32 Å². The normalized spacial score (nSPS) is 26.5. The molecule has 1 N–H and O–H groups in total. The Kier molecular flexibility index (Phi) is 5.23. The summed E-state index contributed by atoms with van der Waals surface area (Å²) in [6, 6.07) is 0.829. The van der Waals surface area contributed by atoms with Gasteiger partial charge in [-0.3, -0.25) is 0 Å². The van der Waals surface area contributed by atoms with Crippen LogP contribution >= 0.6 is 11.8 Å². The standard InChI is InChI=1S/C15H29NS/c1-13(17-2)7-12-16-14-5-10-15(11-6-14)8-3-4-9-15/h13-14,16H,3-12H2,1-2H3. The Balaban J connectivity index is 1.62. The molecule has 2 rings (SSSR count). The van der Waals surface area contributed by atoms with E-state index in [1.54, 1.807) is 0 Å². The van der Waals surface area contributed by atoms with Crippen LogP contribution in [0.5, 0.6) is 0 Å². The van der Waals surface area contributed by atoms with E-state index in [9.17, 15) is 0 Å². The smallest absolute Gasteiger partial charge is 0.00674 e. The molecule has 0 aliphatic heterocycles. The van der Waals surface area contributed by atoms with Gasteiger partial charge in [0, 0.05) is 11.3 Å². The molecule has 1 unspecified atom stereocenters. The minimum atomic E-state index is 0.796. The van der Waals surface area contributed by atoms with Gasteiger partial charge >= 0.3 is 0 Å². The van der Waals surface area contributed by atoms with E-state index < -0.39 is 0 Å². The molecule has 0 radical (unpaired) electrons. The summed E-state index contributed by atoms with van der Waals surface area (Å²) in [7, 11) is 0. The summed E-state index contributed by atoms with van der Waals surface area (Å²) in [5, 5.41) is 4.59. The highest BCUT2D eigenvalue weighted by atomic mass is 32.2. The maximum atomic E-state index is 3.78. The summed E-state index contributed by atoms with van der Waals surface area (Å²) < 4.78 is 0. The number of hydrogen-bond donors (Lipinski definition) is 1. The van der Waals surface area contributed by atoms with Crippen molar-refractivity contribution in [1.29, 1.82) is 0 Å². The minimum absolute atomic E-state index is 0.796. The molecule has 2 aliphatic rings. The summed E-state index contributed by atoms with van der Waals surface area (Å²) in [6.07, 6.45) is 15.5. The maximum absolute atomic E-state index is 3.78. The van der Waals surface area contributed by atoms with Crippen LogP contribution in [0.4, 0.5) is 0 Å². The summed E-state index contributed by atoms with van der Waals surface area (Å²) in [5.74, 6) is 0. The van der Waals surface area contributed by atoms with Crippen LogP contribution in [-0.2, 0) is 0 Å². The lowest BCUT2D eigenvalue weighted by Gasteiger charge is -2.37. The van der Waals surface area contributed by atoms with Crippen molar-refractivity contribution in [2.24, 2.45) is 5.41 Å². The molecule has 1 atom stereocenters. The summed E-state index contributed by atoms with van der Waals surface area (Å²) >= 11 is 1.99. The number of hydrogen-bond acceptors (Lipinski definition) is 2. The van der Waals surface area contributed by atoms with Crippen molar-refractivity contribution in [2.75, 3.05) is 12.8 Å². The molecule has 0 aromatic carbocycles. The fourth-order valence-corrected chi connectivity index (χ4v) is 4.02. The molecule has 1 spiro atoms. The van der Waals surface area contributed by atoms with Crippen LogP contribution in [0.2, 0.25) is 0 Å². The highest BCUT2D eigenvalue weighted by molar-refractivity contribution is 7.99. The molecule has 1 nitrogen and oxygen atoms in total. The zero-order valence-electron chi connectivity index (χ0n) is 11.6. The largest absolute Gasteiger partial charge is 0.314 e. The Bertz CT molecular complexity index is 213. The van der Waals surface area contributed by atoms with Crippen molar-refractivity contribution in [3.8, 4) is 0 Å². The fraction of sp³-hybridized carbons (Fsp3) is 1.00. The van der Waals surface area contributed by atoms with Crippen LogP contribution in [0.3, 0.4) is 0 Å². The second kappa shape index (κ2) is 6.47. The molecule has 2 heteroatoms. The van der Waals surface area contributed by atoms with E-state index in [1.165, 1.54) is 64.3 Å². The second-order valence-electron chi connectivity index (χ2n) is 6.27. The first-order valence-corrected chi connectivity index (χ1v) is 8.79. The molecule has 0 aromatic heterocycles. The fourth-order valence-electron chi connectivity index (χ4n) is 3.67. The first-order valence-electron chi connectivity index (χ1n) is 7.50. The summed E-state index contributed by atoms with van der Waals surface area (Å²) in [6.45, 7) is 3.56. The van der Waals surface area contributed by atoms with Crippen molar-refractivity contribution >= 4 is 11.8 Å². The van der Waals surface area contributed by atoms with Crippen molar-refractivity contribution in [3.05, 3.63) is 0 Å². The van der Waals surface area contributed by atoms with Gasteiger partial charge in [-0.1, -0.05) is 19.8 Å². The van der Waals surface area contributed by atoms with E-state index in [1.807, 2.05) is 11.8 Å². The molecule has 0 aromatic rings. The lowest BCUT2D eigenvalue weighted by atomic mass is 9.71. The quantitative estimate of drug-likeness (QED) is 0.789. The van der Waals surface area contributed by atoms with E-state index in [0.717, 1.165) is 16.7 Å². The van der Waals surface area contributed by atoms with E-state index >= 15 is 0 Å². The Hall–Kier alpha value is 0.310. The highest BCUT2D eigenvalue weighted by Crippen LogP contribution is 2.48. The van der Waals surface area contributed by atoms with Gasteiger partial charge in [0.2, 0.25) is 0 Å². The maximum Gasteiger partial charge on any atom is 0.00674 e. The van der Waals surface area contributed by atoms with Gasteiger partial charge in [-0.2, -0.15) is 11.8 Å². The first-order chi connectivity index (χ1) is 8.24. The van der Waals surface area contributed by atoms with Gasteiger partial charge in [0.05, 0.1) is 0 Å². The van der Waals surface area contributed by atoms with Gasteiger partial charge in [-0.05, 0) is 63.2 Å². The molecular formula is C15H29NS. The van der Waals surface area contributed by atoms with Crippen LogP contribution in [0.1, 0.15) is 64.7 Å². The monoisotopic (exact) mass is 255 g/mol. The van der Waals surface area contributed by atoms with Crippen molar-refractivity contribution < 1.29 is 0 Å². The summed E-state index contributed by atoms with van der Waals surface area (Å²) in [5.41, 5.74) is 0.796. The topological polar surface area (TPSA) is 12.0 Å². The number of rotatable bonds is 5. The lowest BCUT2D eigenvalue weighted by Crippen LogP contribution is -2.37. The Morgan fingerprint density at radius 1 is 1.18 bits per heavy atom. The molecule has 17 heavy (non-hydrogen) atoms. The van der Waals surface area contributed by atoms with E-state index in [4.69, 9.17) is 0 Å². The molecule has 0 amide bonds. The average molecular weight is 255 g/mol. The molecular weight excluding hydrogens is 226 g/mol. The van der Waals surface area contributed by atoms with E-state index in [2.05, 4.69) is 18.5 Å². The molecule has 100 valence electrons. The zero-order valence-corrected chi connectivity index (χ0v) is 12.5. The molecule has 0 saturated heterocycles. The predicted octanol–water partition coefficient (Wildman–Crippen LogP) is 4.22. The van der Waals surface area contributed by atoms with Crippen LogP contribution in [0.25, 0.3) is 0 Å². The molecule has 0 heterocycles. The third kappa shape index (κ3) is 3.89. The van der Waals surface area contributed by atoms with Gasteiger partial charge in [-0.15, -0.1) is 0 Å². The minimum Gasteiger partial charge on any atom is -0.314 e. The third-order valence-electron chi connectivity index (χ3n) is 5.10. The van der Waals surface area contributed by atoms with Crippen LogP contribution in [-0.4, -0.2) is 24.1 Å². The van der Waals surface area contributed by atoms with E-state index in [0.29, 0.717) is 0 Å². The van der Waals surface area contributed by atoms with Crippen molar-refractivity contribution in [3.63, 3.8) is 0 Å². The van der Waals surface area contributed by atoms with Gasteiger partial charge in [0.25, 0.3) is 0 Å².